The third-order valence-electron chi connectivity index (χ3n) is 3.00. The highest BCUT2D eigenvalue weighted by Crippen LogP contribution is 2.09. The lowest BCUT2D eigenvalue weighted by Crippen LogP contribution is -2.48. The van der Waals surface area contributed by atoms with Crippen molar-refractivity contribution in [3.8, 4) is 0 Å². The zero-order chi connectivity index (χ0) is 17.2. The molecular formula is C16H35IN4O2. The van der Waals surface area contributed by atoms with E-state index in [0.29, 0.717) is 11.9 Å². The molecule has 23 heavy (non-hydrogen) atoms. The molecule has 0 radical (unpaired) electrons. The number of hydrogen-bond acceptors (Lipinski definition) is 3. The van der Waals surface area contributed by atoms with Crippen LogP contribution in [0.4, 0.5) is 0 Å². The van der Waals surface area contributed by atoms with Crippen LogP contribution in [0.25, 0.3) is 0 Å². The molecule has 6 nitrogen and oxygen atoms in total. The number of amides is 1. The molecule has 0 aliphatic heterocycles. The Balaban J connectivity index is 0. The number of ether oxygens (including phenoxy) is 1. The lowest BCUT2D eigenvalue weighted by Gasteiger charge is -2.22. The first-order valence-corrected chi connectivity index (χ1v) is 8.06. The first-order valence-electron chi connectivity index (χ1n) is 8.06. The summed E-state index contributed by atoms with van der Waals surface area (Å²) in [5.74, 6) is 1.06. The highest BCUT2D eigenvalue weighted by atomic mass is 127. The van der Waals surface area contributed by atoms with Gasteiger partial charge in [0.25, 0.3) is 0 Å². The minimum Gasteiger partial charge on any atom is -0.378 e. The summed E-state index contributed by atoms with van der Waals surface area (Å²) in [6, 6.07) is 0. The largest absolute Gasteiger partial charge is 0.378 e. The van der Waals surface area contributed by atoms with E-state index in [-0.39, 0.29) is 48.1 Å². The summed E-state index contributed by atoms with van der Waals surface area (Å²) in [6.07, 6.45) is 1.14. The lowest BCUT2D eigenvalue weighted by molar-refractivity contribution is -0.121. The molecule has 0 fully saturated rings. The van der Waals surface area contributed by atoms with Crippen LogP contribution in [0.2, 0.25) is 0 Å². The first-order chi connectivity index (χ1) is 10.2. The van der Waals surface area contributed by atoms with Crippen LogP contribution in [0.15, 0.2) is 4.99 Å². The molecule has 138 valence electrons. The highest BCUT2D eigenvalue weighted by Gasteiger charge is 2.15. The average Bonchev–Trinajstić information content (AvgIpc) is 2.39. The maximum Gasteiger partial charge on any atom is 0.239 e. The maximum absolute atomic E-state index is 11.8. The molecule has 3 N–H and O–H groups in total. The van der Waals surface area contributed by atoms with Gasteiger partial charge in [0.05, 0.1) is 12.6 Å². The van der Waals surface area contributed by atoms with Crippen LogP contribution in [0, 0.1) is 5.92 Å². The van der Waals surface area contributed by atoms with Gasteiger partial charge in [-0.15, -0.1) is 24.0 Å². The average molecular weight is 442 g/mol. The van der Waals surface area contributed by atoms with Gasteiger partial charge in [-0.05, 0) is 40.0 Å². The fraction of sp³-hybridized carbons (Fsp3) is 0.875. The van der Waals surface area contributed by atoms with E-state index in [1.54, 1.807) is 7.05 Å². The van der Waals surface area contributed by atoms with E-state index < -0.39 is 0 Å². The van der Waals surface area contributed by atoms with Crippen LogP contribution in [0.3, 0.4) is 0 Å². The monoisotopic (exact) mass is 442 g/mol. The Morgan fingerprint density at radius 2 is 1.83 bits per heavy atom. The quantitative estimate of drug-likeness (QED) is 0.306. The summed E-state index contributed by atoms with van der Waals surface area (Å²) in [6.45, 7) is 13.9. The van der Waals surface area contributed by atoms with Gasteiger partial charge in [-0.25, -0.2) is 0 Å². The number of nitrogens with one attached hydrogen (secondary N) is 3. The van der Waals surface area contributed by atoms with Gasteiger partial charge in [0.1, 0.15) is 0 Å². The van der Waals surface area contributed by atoms with E-state index in [2.05, 4.69) is 34.8 Å². The third kappa shape index (κ3) is 13.6. The number of nitrogens with zero attached hydrogens (tertiary/aromatic N) is 1. The lowest BCUT2D eigenvalue weighted by atomic mass is 10.0. The molecule has 0 aromatic heterocycles. The van der Waals surface area contributed by atoms with Crippen molar-refractivity contribution in [2.45, 2.75) is 59.6 Å². The number of carbonyl (C=O) groups is 1. The molecule has 0 spiro atoms. The summed E-state index contributed by atoms with van der Waals surface area (Å²) >= 11 is 0. The number of guanidine groups is 1. The van der Waals surface area contributed by atoms with Crippen molar-refractivity contribution >= 4 is 35.8 Å². The van der Waals surface area contributed by atoms with Crippen molar-refractivity contribution in [1.82, 2.24) is 16.0 Å². The SMILES string of the molecule is CCOC(CCNC(=NC)NCC(=O)NC(C)(C)C)C(C)C.I. The van der Waals surface area contributed by atoms with E-state index in [1.807, 2.05) is 27.7 Å². The van der Waals surface area contributed by atoms with Crippen LogP contribution >= 0.6 is 24.0 Å². The molecule has 0 heterocycles. The highest BCUT2D eigenvalue weighted by molar-refractivity contribution is 14.0. The summed E-state index contributed by atoms with van der Waals surface area (Å²) < 4.78 is 5.71. The Morgan fingerprint density at radius 1 is 1.22 bits per heavy atom. The van der Waals surface area contributed by atoms with Gasteiger partial charge in [-0.3, -0.25) is 9.79 Å². The Labute approximate surface area is 158 Å². The number of hydrogen-bond donors (Lipinski definition) is 3. The minimum atomic E-state index is -0.225. The summed E-state index contributed by atoms with van der Waals surface area (Å²) in [4.78, 5) is 15.9. The van der Waals surface area contributed by atoms with Crippen LogP contribution in [-0.4, -0.2) is 50.3 Å². The van der Waals surface area contributed by atoms with E-state index in [4.69, 9.17) is 4.74 Å². The molecule has 0 saturated heterocycles. The number of aliphatic imine (C=N–C) groups is 1. The molecule has 0 aromatic rings. The summed E-state index contributed by atoms with van der Waals surface area (Å²) in [5, 5.41) is 9.12. The molecule has 1 unspecified atom stereocenters. The molecule has 7 heteroatoms. The van der Waals surface area contributed by atoms with Gasteiger partial charge in [-0.2, -0.15) is 0 Å². The number of halogens is 1. The molecule has 0 rings (SSSR count). The number of carbonyl (C=O) groups excluding carboxylic acids is 1. The van der Waals surface area contributed by atoms with Crippen molar-refractivity contribution in [2.75, 3.05) is 26.7 Å². The zero-order valence-corrected chi connectivity index (χ0v) is 18.0. The van der Waals surface area contributed by atoms with Gasteiger partial charge in [0.15, 0.2) is 5.96 Å². The van der Waals surface area contributed by atoms with Crippen LogP contribution < -0.4 is 16.0 Å². The second-order valence-corrected chi connectivity index (χ2v) is 6.68. The Hall–Kier alpha value is -0.570. The van der Waals surface area contributed by atoms with Crippen LogP contribution in [-0.2, 0) is 9.53 Å². The molecule has 1 amide bonds. The molecule has 0 aliphatic carbocycles. The van der Waals surface area contributed by atoms with Crippen molar-refractivity contribution in [1.29, 1.82) is 0 Å². The fourth-order valence-corrected chi connectivity index (χ4v) is 2.00. The van der Waals surface area contributed by atoms with Crippen LogP contribution in [0.5, 0.6) is 0 Å². The van der Waals surface area contributed by atoms with E-state index in [1.165, 1.54) is 0 Å². The van der Waals surface area contributed by atoms with Gasteiger partial charge < -0.3 is 20.7 Å². The summed E-state index contributed by atoms with van der Waals surface area (Å²) in [5.41, 5.74) is -0.225. The van der Waals surface area contributed by atoms with Crippen molar-refractivity contribution in [2.24, 2.45) is 10.9 Å². The molecule has 0 saturated carbocycles. The second-order valence-electron chi connectivity index (χ2n) is 6.68. The zero-order valence-electron chi connectivity index (χ0n) is 15.7. The first kappa shape index (κ1) is 24.7. The minimum absolute atomic E-state index is 0. The van der Waals surface area contributed by atoms with Gasteiger partial charge in [-0.1, -0.05) is 13.8 Å². The van der Waals surface area contributed by atoms with Gasteiger partial charge in [0.2, 0.25) is 5.91 Å². The molecule has 1 atom stereocenters. The van der Waals surface area contributed by atoms with Crippen molar-refractivity contribution in [3.63, 3.8) is 0 Å². The smallest absolute Gasteiger partial charge is 0.239 e. The van der Waals surface area contributed by atoms with Crippen LogP contribution in [0.1, 0.15) is 48.0 Å². The van der Waals surface area contributed by atoms with E-state index in [0.717, 1.165) is 19.6 Å². The normalized spacial score (nSPS) is 13.3. The van der Waals surface area contributed by atoms with E-state index >= 15 is 0 Å². The predicted molar refractivity (Wildman–Crippen MR) is 108 cm³/mol. The van der Waals surface area contributed by atoms with Gasteiger partial charge in [0, 0.05) is 25.7 Å². The fourth-order valence-electron chi connectivity index (χ4n) is 2.00. The van der Waals surface area contributed by atoms with Crippen molar-refractivity contribution in [3.05, 3.63) is 0 Å². The number of rotatable bonds is 8. The predicted octanol–water partition coefficient (Wildman–Crippen LogP) is 2.14. The van der Waals surface area contributed by atoms with E-state index in [9.17, 15) is 4.79 Å². The topological polar surface area (TPSA) is 74.8 Å². The second kappa shape index (κ2) is 12.8. The molecule has 0 aromatic carbocycles. The molecule has 0 bridgehead atoms. The molecular weight excluding hydrogens is 407 g/mol. The molecule has 0 aliphatic rings. The standard InChI is InChI=1S/C16H34N4O2.HI/c1-8-22-13(12(2)3)9-10-18-15(17-7)19-11-14(21)20-16(4,5)6;/h12-13H,8-11H2,1-7H3,(H,20,21)(H2,17,18,19);1H. The Kier molecular flexibility index (Phi) is 13.7. The Morgan fingerprint density at radius 3 is 2.26 bits per heavy atom. The van der Waals surface area contributed by atoms with Gasteiger partial charge >= 0.3 is 0 Å². The van der Waals surface area contributed by atoms with Crippen molar-refractivity contribution < 1.29 is 9.53 Å². The Bertz CT molecular complexity index is 354. The maximum atomic E-state index is 11.8. The summed E-state index contributed by atoms with van der Waals surface area (Å²) in [7, 11) is 1.69. The third-order valence-corrected chi connectivity index (χ3v) is 3.00.